The van der Waals surface area contributed by atoms with Crippen LogP contribution in [-0.2, 0) is 9.53 Å². The van der Waals surface area contributed by atoms with Crippen LogP contribution >= 0.6 is 11.8 Å². The lowest BCUT2D eigenvalue weighted by atomic mass is 10.2. The van der Waals surface area contributed by atoms with Gasteiger partial charge in [0.05, 0.1) is 15.4 Å². The van der Waals surface area contributed by atoms with Crippen molar-refractivity contribution < 1.29 is 19.2 Å². The molecule has 2 aromatic carbocycles. The Balaban J connectivity index is 2.08. The zero-order valence-electron chi connectivity index (χ0n) is 16.6. The van der Waals surface area contributed by atoms with E-state index in [1.807, 2.05) is 45.0 Å². The summed E-state index contributed by atoms with van der Waals surface area (Å²) >= 11 is 1.24. The van der Waals surface area contributed by atoms with Crippen LogP contribution in [0.25, 0.3) is 0 Å². The van der Waals surface area contributed by atoms with E-state index in [1.54, 1.807) is 0 Å². The van der Waals surface area contributed by atoms with Crippen molar-refractivity contribution in [2.45, 2.75) is 49.4 Å². The molecule has 2 rings (SSSR count). The molecule has 0 aliphatic heterocycles. The standard InChI is InChI=1S/C21H24N2O5S/c1-4-16(5-2)22-20(24)13-28-21(25)15-8-11-19(18(12-15)23(26)27)29-17-9-6-14(3)7-10-17/h6-12,16H,4-5,13H2,1-3H3,(H,22,24). The van der Waals surface area contributed by atoms with Gasteiger partial charge in [-0.2, -0.15) is 0 Å². The van der Waals surface area contributed by atoms with E-state index in [-0.39, 0.29) is 17.3 Å². The maximum atomic E-state index is 12.2. The Bertz CT molecular complexity index is 879. The Morgan fingerprint density at radius 3 is 2.38 bits per heavy atom. The summed E-state index contributed by atoms with van der Waals surface area (Å²) in [5.74, 6) is -1.17. The van der Waals surface area contributed by atoms with Crippen molar-refractivity contribution in [2.24, 2.45) is 0 Å². The summed E-state index contributed by atoms with van der Waals surface area (Å²) in [6.45, 7) is 5.44. The van der Waals surface area contributed by atoms with Crippen LogP contribution in [0.3, 0.4) is 0 Å². The minimum absolute atomic E-state index is 0.0280. The summed E-state index contributed by atoms with van der Waals surface area (Å²) in [7, 11) is 0. The highest BCUT2D eigenvalue weighted by atomic mass is 32.2. The molecule has 0 radical (unpaired) electrons. The molecule has 0 aromatic heterocycles. The Kier molecular flexibility index (Phi) is 8.21. The van der Waals surface area contributed by atoms with Crippen LogP contribution in [0.15, 0.2) is 52.3 Å². The van der Waals surface area contributed by atoms with Gasteiger partial charge in [-0.05, 0) is 44.0 Å². The van der Waals surface area contributed by atoms with Gasteiger partial charge in [-0.15, -0.1) is 0 Å². The number of nitro benzene ring substituents is 1. The third kappa shape index (κ3) is 6.60. The topological polar surface area (TPSA) is 98.5 Å². The van der Waals surface area contributed by atoms with Crippen molar-refractivity contribution in [3.05, 3.63) is 63.7 Å². The molecule has 0 saturated carbocycles. The van der Waals surface area contributed by atoms with Gasteiger partial charge in [-0.25, -0.2) is 4.79 Å². The maximum absolute atomic E-state index is 12.2. The van der Waals surface area contributed by atoms with E-state index in [2.05, 4.69) is 5.32 Å². The third-order valence-corrected chi connectivity index (χ3v) is 5.40. The number of hydrogen-bond donors (Lipinski definition) is 1. The summed E-state index contributed by atoms with van der Waals surface area (Å²) in [6, 6.07) is 11.8. The zero-order valence-corrected chi connectivity index (χ0v) is 17.5. The number of esters is 1. The molecule has 0 fully saturated rings. The minimum Gasteiger partial charge on any atom is -0.452 e. The fourth-order valence-corrected chi connectivity index (χ4v) is 3.48. The van der Waals surface area contributed by atoms with Crippen LogP contribution in [0.5, 0.6) is 0 Å². The van der Waals surface area contributed by atoms with E-state index < -0.39 is 23.4 Å². The van der Waals surface area contributed by atoms with Crippen molar-refractivity contribution in [2.75, 3.05) is 6.61 Å². The molecule has 0 heterocycles. The molecule has 1 N–H and O–H groups in total. The molecule has 0 aliphatic rings. The quantitative estimate of drug-likeness (QED) is 0.367. The first-order valence-corrected chi connectivity index (χ1v) is 10.1. The van der Waals surface area contributed by atoms with Crippen LogP contribution in [0.4, 0.5) is 5.69 Å². The van der Waals surface area contributed by atoms with Crippen molar-refractivity contribution in [1.29, 1.82) is 0 Å². The smallest absolute Gasteiger partial charge is 0.338 e. The second-order valence-corrected chi connectivity index (χ2v) is 7.63. The summed E-state index contributed by atoms with van der Waals surface area (Å²) in [5.41, 5.74) is 0.932. The Morgan fingerprint density at radius 2 is 1.79 bits per heavy atom. The number of ether oxygens (including phenoxy) is 1. The average Bonchev–Trinajstić information content (AvgIpc) is 2.71. The molecule has 0 unspecified atom stereocenters. The summed E-state index contributed by atoms with van der Waals surface area (Å²) in [5, 5.41) is 14.2. The van der Waals surface area contributed by atoms with Crippen LogP contribution < -0.4 is 5.32 Å². The molecule has 0 saturated heterocycles. The minimum atomic E-state index is -0.778. The molecule has 7 nitrogen and oxygen atoms in total. The van der Waals surface area contributed by atoms with Crippen molar-refractivity contribution in [3.63, 3.8) is 0 Å². The Morgan fingerprint density at radius 1 is 1.14 bits per heavy atom. The number of aryl methyl sites for hydroxylation is 1. The van der Waals surface area contributed by atoms with Crippen LogP contribution in [0, 0.1) is 17.0 Å². The van der Waals surface area contributed by atoms with Gasteiger partial charge < -0.3 is 10.1 Å². The lowest BCUT2D eigenvalue weighted by molar-refractivity contribution is -0.387. The first kappa shape index (κ1) is 22.4. The van der Waals surface area contributed by atoms with Crippen molar-refractivity contribution >= 4 is 29.3 Å². The Hall–Kier alpha value is -2.87. The number of nitrogens with one attached hydrogen (secondary N) is 1. The molecular formula is C21H24N2O5S. The highest BCUT2D eigenvalue weighted by molar-refractivity contribution is 7.99. The van der Waals surface area contributed by atoms with Gasteiger partial charge >= 0.3 is 5.97 Å². The van der Waals surface area contributed by atoms with E-state index >= 15 is 0 Å². The van der Waals surface area contributed by atoms with E-state index in [1.165, 1.54) is 30.0 Å². The van der Waals surface area contributed by atoms with E-state index in [0.717, 1.165) is 23.3 Å². The fraction of sp³-hybridized carbons (Fsp3) is 0.333. The van der Waals surface area contributed by atoms with Gasteiger partial charge in [0.15, 0.2) is 6.61 Å². The molecular weight excluding hydrogens is 392 g/mol. The molecule has 0 spiro atoms. The second-order valence-electron chi connectivity index (χ2n) is 6.51. The van der Waals surface area contributed by atoms with Gasteiger partial charge in [0.1, 0.15) is 0 Å². The van der Waals surface area contributed by atoms with Crippen molar-refractivity contribution in [3.8, 4) is 0 Å². The Labute approximate surface area is 174 Å². The number of benzene rings is 2. The molecule has 0 aliphatic carbocycles. The highest BCUT2D eigenvalue weighted by Gasteiger charge is 2.20. The van der Waals surface area contributed by atoms with Crippen LogP contribution in [0.1, 0.15) is 42.6 Å². The lowest BCUT2D eigenvalue weighted by Gasteiger charge is -2.14. The molecule has 2 aromatic rings. The summed E-state index contributed by atoms with van der Waals surface area (Å²) in [6.07, 6.45) is 1.56. The first-order valence-electron chi connectivity index (χ1n) is 9.33. The fourth-order valence-electron chi connectivity index (χ4n) is 2.58. The van der Waals surface area contributed by atoms with Crippen LogP contribution in [0.2, 0.25) is 0 Å². The number of carbonyl (C=O) groups excluding carboxylic acids is 2. The molecule has 29 heavy (non-hydrogen) atoms. The summed E-state index contributed by atoms with van der Waals surface area (Å²) in [4.78, 5) is 36.3. The first-order chi connectivity index (χ1) is 13.8. The normalized spacial score (nSPS) is 10.6. The van der Waals surface area contributed by atoms with Crippen molar-refractivity contribution in [1.82, 2.24) is 5.32 Å². The summed E-state index contributed by atoms with van der Waals surface area (Å²) < 4.78 is 5.01. The third-order valence-electron chi connectivity index (χ3n) is 4.33. The predicted molar refractivity (Wildman–Crippen MR) is 111 cm³/mol. The van der Waals surface area contributed by atoms with Gasteiger partial charge in [0, 0.05) is 17.0 Å². The number of hydrogen-bond acceptors (Lipinski definition) is 6. The number of carbonyl (C=O) groups is 2. The van der Waals surface area contributed by atoms with E-state index in [4.69, 9.17) is 4.74 Å². The van der Waals surface area contributed by atoms with Gasteiger partial charge in [-0.3, -0.25) is 14.9 Å². The highest BCUT2D eigenvalue weighted by Crippen LogP contribution is 2.35. The second kappa shape index (κ2) is 10.6. The maximum Gasteiger partial charge on any atom is 0.338 e. The predicted octanol–water partition coefficient (Wildman–Crippen LogP) is 4.52. The lowest BCUT2D eigenvalue weighted by Crippen LogP contribution is -2.36. The number of amides is 1. The molecule has 8 heteroatoms. The van der Waals surface area contributed by atoms with Gasteiger partial charge in [0.2, 0.25) is 0 Å². The van der Waals surface area contributed by atoms with E-state index in [9.17, 15) is 19.7 Å². The van der Waals surface area contributed by atoms with Gasteiger partial charge in [-0.1, -0.05) is 43.3 Å². The molecule has 0 atom stereocenters. The monoisotopic (exact) mass is 416 g/mol. The molecule has 0 bridgehead atoms. The SMILES string of the molecule is CCC(CC)NC(=O)COC(=O)c1ccc(Sc2ccc(C)cc2)c([N+](=O)[O-])c1. The number of nitro groups is 1. The molecule has 1 amide bonds. The average molecular weight is 416 g/mol. The molecule has 154 valence electrons. The largest absolute Gasteiger partial charge is 0.452 e. The number of rotatable bonds is 9. The zero-order chi connectivity index (χ0) is 21.4. The van der Waals surface area contributed by atoms with Crippen LogP contribution in [-0.4, -0.2) is 29.4 Å². The van der Waals surface area contributed by atoms with E-state index in [0.29, 0.717) is 4.90 Å². The van der Waals surface area contributed by atoms with Gasteiger partial charge in [0.25, 0.3) is 11.6 Å². The number of nitrogens with zero attached hydrogens (tertiary/aromatic N) is 1.